The predicted octanol–water partition coefficient (Wildman–Crippen LogP) is 2.93. The van der Waals surface area contributed by atoms with Gasteiger partial charge < -0.3 is 14.3 Å². The normalized spacial score (nSPS) is 10.1. The van der Waals surface area contributed by atoms with Crippen molar-refractivity contribution in [3.05, 3.63) is 29.8 Å². The number of ketones is 1. The predicted molar refractivity (Wildman–Crippen MR) is 76.8 cm³/mol. The van der Waals surface area contributed by atoms with Crippen LogP contribution in [0, 0.1) is 0 Å². The van der Waals surface area contributed by atoms with Crippen LogP contribution in [-0.2, 0) is 20.7 Å². The molecule has 0 saturated carbocycles. The second-order valence-corrected chi connectivity index (χ2v) is 4.71. The fourth-order valence-corrected chi connectivity index (χ4v) is 1.59. The van der Waals surface area contributed by atoms with E-state index in [1.54, 1.807) is 19.1 Å². The van der Waals surface area contributed by atoms with E-state index in [0.717, 1.165) is 24.8 Å². The number of benzene rings is 1. The highest BCUT2D eigenvalue weighted by Crippen LogP contribution is 2.13. The second kappa shape index (κ2) is 9.13. The minimum absolute atomic E-state index is 0.0729. The monoisotopic (exact) mass is 278 g/mol. The summed E-state index contributed by atoms with van der Waals surface area (Å²) in [4.78, 5) is 22.2. The molecular formula is C16H22O4. The van der Waals surface area contributed by atoms with E-state index < -0.39 is 0 Å². The molecule has 0 aliphatic carbocycles. The van der Waals surface area contributed by atoms with Gasteiger partial charge in [0, 0.05) is 6.42 Å². The summed E-state index contributed by atoms with van der Waals surface area (Å²) in [5.74, 6) is 0.461. The molecule has 0 aromatic heterocycles. The summed E-state index contributed by atoms with van der Waals surface area (Å²) in [7, 11) is 0. The van der Waals surface area contributed by atoms with Crippen LogP contribution in [-0.4, -0.2) is 25.0 Å². The molecular weight excluding hydrogens is 256 g/mol. The number of carbonyl (C=O) groups excluding carboxylic acids is 2. The highest BCUT2D eigenvalue weighted by Gasteiger charge is 2.04. The highest BCUT2D eigenvalue weighted by atomic mass is 16.6. The van der Waals surface area contributed by atoms with Gasteiger partial charge in [0.05, 0.1) is 6.61 Å². The van der Waals surface area contributed by atoms with Crippen LogP contribution in [0.4, 0.5) is 0 Å². The van der Waals surface area contributed by atoms with Gasteiger partial charge in [0.25, 0.3) is 0 Å². The summed E-state index contributed by atoms with van der Waals surface area (Å²) in [6.07, 6.45) is 3.14. The molecule has 0 heterocycles. The summed E-state index contributed by atoms with van der Waals surface area (Å²) in [5.41, 5.74) is 1.08. The van der Waals surface area contributed by atoms with Crippen LogP contribution in [0.3, 0.4) is 0 Å². The lowest BCUT2D eigenvalue weighted by atomic mass is 10.1. The van der Waals surface area contributed by atoms with E-state index in [-0.39, 0.29) is 18.4 Å². The van der Waals surface area contributed by atoms with E-state index in [9.17, 15) is 9.59 Å². The molecule has 0 N–H and O–H groups in total. The maximum atomic E-state index is 11.4. The molecule has 0 aliphatic heterocycles. The molecule has 1 aromatic carbocycles. The highest BCUT2D eigenvalue weighted by molar-refractivity contribution is 5.75. The number of esters is 1. The topological polar surface area (TPSA) is 52.6 Å². The first kappa shape index (κ1) is 16.2. The zero-order valence-electron chi connectivity index (χ0n) is 12.2. The van der Waals surface area contributed by atoms with Gasteiger partial charge in [-0.05, 0) is 37.5 Å². The Morgan fingerprint density at radius 3 is 2.45 bits per heavy atom. The number of hydrogen-bond donors (Lipinski definition) is 0. The Balaban J connectivity index is 2.30. The van der Waals surface area contributed by atoms with Crippen molar-refractivity contribution in [3.63, 3.8) is 0 Å². The van der Waals surface area contributed by atoms with E-state index in [4.69, 9.17) is 9.47 Å². The number of hydrogen-bond acceptors (Lipinski definition) is 4. The molecule has 0 amide bonds. The molecule has 0 radical (unpaired) electrons. The quantitative estimate of drug-likeness (QED) is 0.515. The summed E-state index contributed by atoms with van der Waals surface area (Å²) < 4.78 is 10.3. The van der Waals surface area contributed by atoms with Crippen LogP contribution in [0.2, 0.25) is 0 Å². The van der Waals surface area contributed by atoms with Crippen molar-refractivity contribution in [2.75, 3.05) is 13.2 Å². The third kappa shape index (κ3) is 6.92. The fourth-order valence-electron chi connectivity index (χ4n) is 1.59. The van der Waals surface area contributed by atoms with Gasteiger partial charge in [-0.3, -0.25) is 0 Å². The number of aryl methyl sites for hydroxylation is 1. The van der Waals surface area contributed by atoms with E-state index in [0.29, 0.717) is 18.8 Å². The maximum absolute atomic E-state index is 11.4. The van der Waals surface area contributed by atoms with Gasteiger partial charge in [-0.25, -0.2) is 4.79 Å². The Hall–Kier alpha value is -1.84. The van der Waals surface area contributed by atoms with Crippen LogP contribution in [0.15, 0.2) is 24.3 Å². The number of unbranched alkanes of at least 4 members (excludes halogenated alkanes) is 1. The lowest BCUT2D eigenvalue weighted by Gasteiger charge is -2.07. The fraction of sp³-hybridized carbons (Fsp3) is 0.500. The third-order valence-electron chi connectivity index (χ3n) is 2.81. The van der Waals surface area contributed by atoms with E-state index in [2.05, 4.69) is 0 Å². The molecule has 1 rings (SSSR count). The van der Waals surface area contributed by atoms with Crippen LogP contribution >= 0.6 is 0 Å². The van der Waals surface area contributed by atoms with Crippen molar-refractivity contribution in [2.45, 2.75) is 39.5 Å². The zero-order valence-corrected chi connectivity index (χ0v) is 12.2. The Kier molecular flexibility index (Phi) is 7.40. The molecule has 0 atom stereocenters. The third-order valence-corrected chi connectivity index (χ3v) is 2.81. The molecule has 0 fully saturated rings. The SMILES string of the molecule is CCCCOC(=O)COc1ccc(CCC(C)=O)cc1. The van der Waals surface area contributed by atoms with E-state index in [1.807, 2.05) is 19.1 Å². The van der Waals surface area contributed by atoms with Crippen molar-refractivity contribution in [2.24, 2.45) is 0 Å². The van der Waals surface area contributed by atoms with Gasteiger partial charge in [0.15, 0.2) is 6.61 Å². The Labute approximate surface area is 120 Å². The summed E-state index contributed by atoms with van der Waals surface area (Å²) in [6, 6.07) is 7.41. The number of rotatable bonds is 9. The van der Waals surface area contributed by atoms with Gasteiger partial charge in [-0.2, -0.15) is 0 Å². The molecule has 4 nitrogen and oxygen atoms in total. The second-order valence-electron chi connectivity index (χ2n) is 4.71. The molecule has 0 aliphatic rings. The molecule has 0 saturated heterocycles. The summed E-state index contributed by atoms with van der Waals surface area (Å²) in [5, 5.41) is 0. The summed E-state index contributed by atoms with van der Waals surface area (Å²) >= 11 is 0. The van der Waals surface area contributed by atoms with E-state index >= 15 is 0 Å². The molecule has 0 spiro atoms. The van der Waals surface area contributed by atoms with Crippen molar-refractivity contribution in [3.8, 4) is 5.75 Å². The van der Waals surface area contributed by atoms with Gasteiger partial charge in [0.2, 0.25) is 0 Å². The Morgan fingerprint density at radius 1 is 1.15 bits per heavy atom. The largest absolute Gasteiger partial charge is 0.482 e. The maximum Gasteiger partial charge on any atom is 0.344 e. The molecule has 1 aromatic rings. The number of carbonyl (C=O) groups is 2. The number of ether oxygens (including phenoxy) is 2. The van der Waals surface area contributed by atoms with Crippen molar-refractivity contribution in [1.29, 1.82) is 0 Å². The summed E-state index contributed by atoms with van der Waals surface area (Å²) in [6.45, 7) is 4.00. The first-order valence-corrected chi connectivity index (χ1v) is 6.98. The molecule has 0 unspecified atom stereocenters. The van der Waals surface area contributed by atoms with Gasteiger partial charge >= 0.3 is 5.97 Å². The minimum atomic E-state index is -0.348. The van der Waals surface area contributed by atoms with Crippen LogP contribution in [0.5, 0.6) is 5.75 Å². The number of Topliss-reactive ketones (excluding diaryl/α,β-unsaturated/α-hetero) is 1. The van der Waals surface area contributed by atoms with Crippen molar-refractivity contribution in [1.82, 2.24) is 0 Å². The van der Waals surface area contributed by atoms with Gasteiger partial charge in [-0.1, -0.05) is 25.5 Å². The van der Waals surface area contributed by atoms with Gasteiger partial charge in [0.1, 0.15) is 11.5 Å². The molecule has 0 bridgehead atoms. The smallest absolute Gasteiger partial charge is 0.344 e. The Bertz CT molecular complexity index is 423. The lowest BCUT2D eigenvalue weighted by molar-refractivity contribution is -0.146. The molecule has 4 heteroatoms. The molecule has 110 valence electrons. The average molecular weight is 278 g/mol. The molecule has 20 heavy (non-hydrogen) atoms. The Morgan fingerprint density at radius 2 is 1.85 bits per heavy atom. The first-order chi connectivity index (χ1) is 9.61. The van der Waals surface area contributed by atoms with Crippen LogP contribution in [0.25, 0.3) is 0 Å². The van der Waals surface area contributed by atoms with Gasteiger partial charge in [-0.15, -0.1) is 0 Å². The average Bonchev–Trinajstić information content (AvgIpc) is 2.44. The minimum Gasteiger partial charge on any atom is -0.482 e. The lowest BCUT2D eigenvalue weighted by Crippen LogP contribution is -2.15. The van der Waals surface area contributed by atoms with Crippen molar-refractivity contribution < 1.29 is 19.1 Å². The zero-order chi connectivity index (χ0) is 14.8. The van der Waals surface area contributed by atoms with E-state index in [1.165, 1.54) is 0 Å². The standard InChI is InChI=1S/C16H22O4/c1-3-4-11-19-16(18)12-20-15-9-7-14(8-10-15)6-5-13(2)17/h7-10H,3-6,11-12H2,1-2H3. The van der Waals surface area contributed by atoms with Crippen LogP contribution in [0.1, 0.15) is 38.7 Å². The first-order valence-electron chi connectivity index (χ1n) is 6.98. The van der Waals surface area contributed by atoms with Crippen molar-refractivity contribution >= 4 is 11.8 Å². The van der Waals surface area contributed by atoms with Crippen LogP contribution < -0.4 is 4.74 Å².